The molecule has 4 heteroatoms. The summed E-state index contributed by atoms with van der Waals surface area (Å²) >= 11 is 2.02. The van der Waals surface area contributed by atoms with Gasteiger partial charge >= 0.3 is 0 Å². The number of thioether (sulfide) groups is 1. The number of anilines is 1. The molecule has 18 heavy (non-hydrogen) atoms. The predicted molar refractivity (Wildman–Crippen MR) is 77.3 cm³/mol. The molecule has 1 aromatic heterocycles. The van der Waals surface area contributed by atoms with Crippen LogP contribution in [0.1, 0.15) is 54.9 Å². The van der Waals surface area contributed by atoms with Gasteiger partial charge in [0.2, 0.25) is 0 Å². The highest BCUT2D eigenvalue weighted by molar-refractivity contribution is 7.99. The van der Waals surface area contributed by atoms with Crippen molar-refractivity contribution in [3.63, 3.8) is 0 Å². The molecule has 3 rings (SSSR count). The monoisotopic (exact) mass is 263 g/mol. The molecule has 1 unspecified atom stereocenters. The second kappa shape index (κ2) is 5.47. The van der Waals surface area contributed by atoms with Crippen LogP contribution in [0.5, 0.6) is 0 Å². The van der Waals surface area contributed by atoms with Gasteiger partial charge in [-0.1, -0.05) is 6.92 Å². The molecule has 0 bridgehead atoms. The lowest BCUT2D eigenvalue weighted by Crippen LogP contribution is -2.10. The predicted octanol–water partition coefficient (Wildman–Crippen LogP) is 3.36. The van der Waals surface area contributed by atoms with Crippen molar-refractivity contribution in [2.24, 2.45) is 0 Å². The van der Waals surface area contributed by atoms with Crippen molar-refractivity contribution in [3.05, 3.63) is 17.1 Å². The molecule has 0 saturated carbocycles. The SMILES string of the molecule is CCCNc1nc(C2CCCS2)nc2c1CCC2. The van der Waals surface area contributed by atoms with Gasteiger partial charge in [-0.3, -0.25) is 0 Å². The van der Waals surface area contributed by atoms with Crippen molar-refractivity contribution >= 4 is 17.6 Å². The van der Waals surface area contributed by atoms with Gasteiger partial charge in [-0.15, -0.1) is 0 Å². The van der Waals surface area contributed by atoms with Gasteiger partial charge in [-0.2, -0.15) is 11.8 Å². The first-order chi connectivity index (χ1) is 8.88. The van der Waals surface area contributed by atoms with Gasteiger partial charge in [0.1, 0.15) is 11.6 Å². The summed E-state index contributed by atoms with van der Waals surface area (Å²) in [6, 6.07) is 0. The molecule has 1 atom stereocenters. The molecular formula is C14H21N3S. The van der Waals surface area contributed by atoms with Gasteiger partial charge in [0, 0.05) is 17.8 Å². The van der Waals surface area contributed by atoms with Crippen molar-refractivity contribution in [3.8, 4) is 0 Å². The van der Waals surface area contributed by atoms with E-state index in [4.69, 9.17) is 9.97 Å². The zero-order chi connectivity index (χ0) is 12.4. The van der Waals surface area contributed by atoms with Crippen LogP contribution < -0.4 is 5.32 Å². The van der Waals surface area contributed by atoms with Crippen LogP contribution in [0.2, 0.25) is 0 Å². The molecule has 1 N–H and O–H groups in total. The number of nitrogens with zero attached hydrogens (tertiary/aromatic N) is 2. The van der Waals surface area contributed by atoms with E-state index in [1.807, 2.05) is 11.8 Å². The van der Waals surface area contributed by atoms with Gasteiger partial charge in [0.05, 0.1) is 5.25 Å². The molecule has 1 saturated heterocycles. The summed E-state index contributed by atoms with van der Waals surface area (Å²) in [6.07, 6.45) is 7.24. The average Bonchev–Trinajstić information content (AvgIpc) is 3.05. The summed E-state index contributed by atoms with van der Waals surface area (Å²) in [6.45, 7) is 3.21. The Hall–Kier alpha value is -0.770. The van der Waals surface area contributed by atoms with Gasteiger partial charge in [0.25, 0.3) is 0 Å². The van der Waals surface area contributed by atoms with E-state index in [-0.39, 0.29) is 0 Å². The molecule has 0 radical (unpaired) electrons. The molecular weight excluding hydrogens is 242 g/mol. The van der Waals surface area contributed by atoms with Crippen molar-refractivity contribution in [2.75, 3.05) is 17.6 Å². The highest BCUT2D eigenvalue weighted by Gasteiger charge is 2.25. The van der Waals surface area contributed by atoms with Gasteiger partial charge in [0.15, 0.2) is 0 Å². The minimum absolute atomic E-state index is 0.540. The second-order valence-corrected chi connectivity index (χ2v) is 6.45. The minimum Gasteiger partial charge on any atom is -0.370 e. The summed E-state index contributed by atoms with van der Waals surface area (Å²) < 4.78 is 0. The average molecular weight is 263 g/mol. The largest absolute Gasteiger partial charge is 0.370 e. The van der Waals surface area contributed by atoms with Crippen LogP contribution in [0.15, 0.2) is 0 Å². The molecule has 2 aliphatic rings. The molecule has 1 aliphatic carbocycles. The third kappa shape index (κ3) is 2.35. The molecule has 3 nitrogen and oxygen atoms in total. The van der Waals surface area contributed by atoms with Gasteiger partial charge in [-0.25, -0.2) is 9.97 Å². The quantitative estimate of drug-likeness (QED) is 0.904. The van der Waals surface area contributed by atoms with Crippen LogP contribution >= 0.6 is 11.8 Å². The standard InChI is InChI=1S/C14H21N3S/c1-2-8-15-13-10-5-3-6-11(10)16-14(17-13)12-7-4-9-18-12/h12H,2-9H2,1H3,(H,15,16,17). The Morgan fingerprint density at radius 3 is 3.00 bits per heavy atom. The number of aromatic nitrogens is 2. The summed E-state index contributed by atoms with van der Waals surface area (Å²) in [4.78, 5) is 9.65. The number of nitrogens with one attached hydrogen (secondary N) is 1. The maximum absolute atomic E-state index is 4.83. The fourth-order valence-electron chi connectivity index (χ4n) is 2.77. The van der Waals surface area contributed by atoms with E-state index in [9.17, 15) is 0 Å². The van der Waals surface area contributed by atoms with Gasteiger partial charge in [-0.05, 0) is 44.3 Å². The number of aryl methyl sites for hydroxylation is 1. The Balaban J connectivity index is 1.90. The Bertz CT molecular complexity index is 427. The summed E-state index contributed by atoms with van der Waals surface area (Å²) in [7, 11) is 0. The first-order valence-corrected chi connectivity index (χ1v) is 8.18. The summed E-state index contributed by atoms with van der Waals surface area (Å²) in [5.41, 5.74) is 2.70. The molecule has 2 heterocycles. The lowest BCUT2D eigenvalue weighted by molar-refractivity contribution is 0.766. The fraction of sp³-hybridized carbons (Fsp3) is 0.714. The van der Waals surface area contributed by atoms with Crippen LogP contribution in [-0.4, -0.2) is 22.3 Å². The molecule has 1 fully saturated rings. The van der Waals surface area contributed by atoms with E-state index in [2.05, 4.69) is 12.2 Å². The molecule has 0 amide bonds. The number of hydrogen-bond donors (Lipinski definition) is 1. The number of hydrogen-bond acceptors (Lipinski definition) is 4. The van der Waals surface area contributed by atoms with Crippen molar-refractivity contribution in [1.29, 1.82) is 0 Å². The van der Waals surface area contributed by atoms with Crippen LogP contribution in [0.4, 0.5) is 5.82 Å². The van der Waals surface area contributed by atoms with Crippen LogP contribution in [0, 0.1) is 0 Å². The summed E-state index contributed by atoms with van der Waals surface area (Å²) in [5, 5.41) is 4.04. The third-order valence-electron chi connectivity index (χ3n) is 3.71. The van der Waals surface area contributed by atoms with E-state index < -0.39 is 0 Å². The van der Waals surface area contributed by atoms with E-state index in [0.29, 0.717) is 5.25 Å². The van der Waals surface area contributed by atoms with Crippen molar-refractivity contribution < 1.29 is 0 Å². The van der Waals surface area contributed by atoms with Crippen LogP contribution in [-0.2, 0) is 12.8 Å². The normalized spacial score (nSPS) is 22.2. The zero-order valence-corrected chi connectivity index (χ0v) is 11.9. The second-order valence-electron chi connectivity index (χ2n) is 5.14. The summed E-state index contributed by atoms with van der Waals surface area (Å²) in [5.74, 6) is 3.47. The number of fused-ring (bicyclic) bond motifs is 1. The fourth-order valence-corrected chi connectivity index (χ4v) is 3.97. The Kier molecular flexibility index (Phi) is 3.73. The van der Waals surface area contributed by atoms with Crippen LogP contribution in [0.25, 0.3) is 0 Å². The van der Waals surface area contributed by atoms with E-state index in [0.717, 1.165) is 37.4 Å². The molecule has 0 aromatic carbocycles. The van der Waals surface area contributed by atoms with E-state index >= 15 is 0 Å². The lowest BCUT2D eigenvalue weighted by Gasteiger charge is -2.14. The Morgan fingerprint density at radius 1 is 1.28 bits per heavy atom. The molecule has 1 aliphatic heterocycles. The highest BCUT2D eigenvalue weighted by atomic mass is 32.2. The van der Waals surface area contributed by atoms with E-state index in [1.165, 1.54) is 36.3 Å². The maximum Gasteiger partial charge on any atom is 0.143 e. The Morgan fingerprint density at radius 2 is 2.22 bits per heavy atom. The van der Waals surface area contributed by atoms with Crippen LogP contribution in [0.3, 0.4) is 0 Å². The van der Waals surface area contributed by atoms with Gasteiger partial charge < -0.3 is 5.32 Å². The first kappa shape index (κ1) is 12.3. The molecule has 0 spiro atoms. The van der Waals surface area contributed by atoms with Crippen molar-refractivity contribution in [2.45, 2.75) is 50.7 Å². The lowest BCUT2D eigenvalue weighted by atomic mass is 10.2. The van der Waals surface area contributed by atoms with E-state index in [1.54, 1.807) is 0 Å². The van der Waals surface area contributed by atoms with Crippen molar-refractivity contribution in [1.82, 2.24) is 9.97 Å². The molecule has 98 valence electrons. The number of rotatable bonds is 4. The first-order valence-electron chi connectivity index (χ1n) is 7.13. The zero-order valence-electron chi connectivity index (χ0n) is 11.0. The molecule has 1 aromatic rings. The smallest absolute Gasteiger partial charge is 0.143 e. The topological polar surface area (TPSA) is 37.8 Å². The third-order valence-corrected chi connectivity index (χ3v) is 5.08. The minimum atomic E-state index is 0.540. The Labute approximate surface area is 113 Å². The highest BCUT2D eigenvalue weighted by Crippen LogP contribution is 2.39. The maximum atomic E-state index is 4.83.